The molecule has 0 aromatic carbocycles. The van der Waals surface area contributed by atoms with Crippen LogP contribution >= 0.6 is 0 Å². The van der Waals surface area contributed by atoms with Gasteiger partial charge in [-0.25, -0.2) is 4.79 Å². The summed E-state index contributed by atoms with van der Waals surface area (Å²) in [6.07, 6.45) is -7.92. The highest BCUT2D eigenvalue weighted by molar-refractivity contribution is 7.88. The molecule has 0 atom stereocenters. The molecule has 2 N–H and O–H groups in total. The van der Waals surface area contributed by atoms with Crippen molar-refractivity contribution in [2.24, 2.45) is 5.73 Å². The molecule has 23 heteroatoms. The zero-order chi connectivity index (χ0) is 27.5. The van der Waals surface area contributed by atoms with E-state index in [2.05, 4.69) is 9.92 Å². The number of alkyl halides is 17. The molecule has 0 fully saturated rings. The van der Waals surface area contributed by atoms with Crippen molar-refractivity contribution in [3.63, 3.8) is 0 Å². The van der Waals surface area contributed by atoms with E-state index in [1.54, 1.807) is 0 Å². The second kappa shape index (κ2) is 7.86. The molecule has 0 spiro atoms. The monoisotopic (exact) mass is 557 g/mol. The van der Waals surface area contributed by atoms with E-state index in [-0.39, 0.29) is 0 Å². The third kappa shape index (κ3) is 4.03. The van der Waals surface area contributed by atoms with Gasteiger partial charge in [0, 0.05) is 0 Å². The molecule has 0 radical (unpaired) electrons. The number of carbonyl (C=O) groups excluding carboxylic acids is 1. The van der Waals surface area contributed by atoms with E-state index in [0.29, 0.717) is 0 Å². The van der Waals surface area contributed by atoms with Crippen molar-refractivity contribution in [1.29, 1.82) is 0 Å². The van der Waals surface area contributed by atoms with Crippen LogP contribution < -0.4 is 5.73 Å². The van der Waals surface area contributed by atoms with Crippen LogP contribution in [0.4, 0.5) is 74.6 Å². The fourth-order valence-corrected chi connectivity index (χ4v) is 2.37. The normalized spacial score (nSPS) is 16.1. The van der Waals surface area contributed by atoms with Crippen molar-refractivity contribution < 1.29 is 92.0 Å². The average molecular weight is 557 g/mol. The molecule has 33 heavy (non-hydrogen) atoms. The molecular weight excluding hydrogens is 553 g/mol. The first-order valence-electron chi connectivity index (χ1n) is 6.84. The summed E-state index contributed by atoms with van der Waals surface area (Å²) in [5, 5.41) is -7.91. The van der Waals surface area contributed by atoms with Crippen LogP contribution in [0.2, 0.25) is 0 Å². The van der Waals surface area contributed by atoms with Crippen molar-refractivity contribution >= 4 is 16.1 Å². The SMILES string of the molecule is NCC(=O)OS(=O)(=O)C(F)(F)C(F)(F)C(F)(F)C(F)(F)C(F)(F)C(F)(F)C(F)(F)C(F)(F)F. The first kappa shape index (κ1) is 31.2. The van der Waals surface area contributed by atoms with Crippen molar-refractivity contribution in [1.82, 2.24) is 0 Å². The lowest BCUT2D eigenvalue weighted by atomic mass is 9.91. The summed E-state index contributed by atoms with van der Waals surface area (Å²) in [5.41, 5.74) is 4.28. The molecule has 0 aromatic rings. The summed E-state index contributed by atoms with van der Waals surface area (Å²) in [7, 11) is -7.89. The zero-order valence-electron chi connectivity index (χ0n) is 14.3. The topological polar surface area (TPSA) is 86.5 Å². The minimum atomic E-state index is -8.96. The van der Waals surface area contributed by atoms with Crippen LogP contribution in [0, 0.1) is 0 Å². The Labute approximate surface area is 168 Å². The summed E-state index contributed by atoms with van der Waals surface area (Å²) in [6.45, 7) is -1.80. The lowest BCUT2D eigenvalue weighted by Crippen LogP contribution is -2.75. The zero-order valence-corrected chi connectivity index (χ0v) is 15.1. The van der Waals surface area contributed by atoms with Gasteiger partial charge in [0.25, 0.3) is 0 Å². The summed E-state index contributed by atoms with van der Waals surface area (Å²) >= 11 is 0. The van der Waals surface area contributed by atoms with Crippen LogP contribution in [-0.4, -0.2) is 67.9 Å². The van der Waals surface area contributed by atoms with E-state index in [4.69, 9.17) is 0 Å². The summed E-state index contributed by atoms with van der Waals surface area (Å²) < 4.78 is 244. The molecule has 0 aromatic heterocycles. The molecule has 0 amide bonds. The standard InChI is InChI=1S/C10H4F17NO4S/c11-3(12,5(15,16)7(19,20)9(23,24)25)4(13,14)6(17,18)8(21,22)10(26,27)33(30,31)32-2(29)1-28/h1,28H2. The smallest absolute Gasteiger partial charge is 0.340 e. The van der Waals surface area contributed by atoms with Crippen LogP contribution in [0.3, 0.4) is 0 Å². The third-order valence-electron chi connectivity index (χ3n) is 3.38. The Balaban J connectivity index is 6.92. The fourth-order valence-electron chi connectivity index (χ4n) is 1.52. The highest BCUT2D eigenvalue weighted by atomic mass is 32.2. The van der Waals surface area contributed by atoms with E-state index in [0.717, 1.165) is 0 Å². The van der Waals surface area contributed by atoms with Crippen LogP contribution in [-0.2, 0) is 19.1 Å². The Bertz CT molecular complexity index is 862. The van der Waals surface area contributed by atoms with Crippen molar-refractivity contribution in [2.45, 2.75) is 47.0 Å². The van der Waals surface area contributed by atoms with Crippen LogP contribution in [0.15, 0.2) is 0 Å². The van der Waals surface area contributed by atoms with E-state index in [1.807, 2.05) is 0 Å². The van der Waals surface area contributed by atoms with Gasteiger partial charge in [-0.3, -0.25) is 0 Å². The minimum absolute atomic E-state index is 1.80. The highest BCUT2D eigenvalue weighted by Gasteiger charge is 2.96. The second-order valence-corrected chi connectivity index (χ2v) is 7.16. The first-order valence-corrected chi connectivity index (χ1v) is 8.25. The molecule has 0 aliphatic rings. The predicted octanol–water partition coefficient (Wildman–Crippen LogP) is 3.79. The third-order valence-corrected chi connectivity index (χ3v) is 4.67. The largest absolute Gasteiger partial charge is 0.460 e. The second-order valence-electron chi connectivity index (χ2n) is 5.57. The number of carbonyl (C=O) groups is 1. The average Bonchev–Trinajstić information content (AvgIpc) is 2.58. The van der Waals surface area contributed by atoms with Crippen molar-refractivity contribution in [3.05, 3.63) is 0 Å². The van der Waals surface area contributed by atoms with E-state index < -0.39 is 69.6 Å². The summed E-state index contributed by atoms with van der Waals surface area (Å²) in [5.74, 6) is -55.0. The minimum Gasteiger partial charge on any atom is -0.340 e. The molecule has 0 saturated heterocycles. The van der Waals surface area contributed by atoms with Gasteiger partial charge in [0.1, 0.15) is 0 Å². The number of hydrogen-bond acceptors (Lipinski definition) is 5. The molecule has 0 aliphatic carbocycles. The van der Waals surface area contributed by atoms with Crippen LogP contribution in [0.25, 0.3) is 0 Å². The Morgan fingerprint density at radius 1 is 0.576 bits per heavy atom. The van der Waals surface area contributed by atoms with Gasteiger partial charge in [-0.1, -0.05) is 0 Å². The fraction of sp³-hybridized carbons (Fsp3) is 0.900. The van der Waals surface area contributed by atoms with Crippen molar-refractivity contribution in [2.75, 3.05) is 6.54 Å². The number of halogens is 17. The molecule has 0 bridgehead atoms. The van der Waals surface area contributed by atoms with Gasteiger partial charge in [0.2, 0.25) is 0 Å². The van der Waals surface area contributed by atoms with Gasteiger partial charge in [-0.15, -0.1) is 0 Å². The first-order chi connectivity index (χ1) is 14.0. The summed E-state index contributed by atoms with van der Waals surface area (Å²) in [4.78, 5) is 10.5. The van der Waals surface area contributed by atoms with Gasteiger partial charge >= 0.3 is 63.1 Å². The molecule has 0 aliphatic heterocycles. The van der Waals surface area contributed by atoms with Gasteiger partial charge < -0.3 is 9.92 Å². The lowest BCUT2D eigenvalue weighted by Gasteiger charge is -2.42. The van der Waals surface area contributed by atoms with E-state index >= 15 is 0 Å². The Hall–Kier alpha value is -1.81. The molecule has 0 rings (SSSR count). The van der Waals surface area contributed by atoms with Gasteiger partial charge in [-0.05, 0) is 0 Å². The molecule has 5 nitrogen and oxygen atoms in total. The van der Waals surface area contributed by atoms with E-state index in [1.165, 1.54) is 0 Å². The van der Waals surface area contributed by atoms with Crippen molar-refractivity contribution in [3.8, 4) is 0 Å². The number of hydrogen-bond donors (Lipinski definition) is 1. The molecule has 0 unspecified atom stereocenters. The Morgan fingerprint density at radius 3 is 1.12 bits per heavy atom. The highest BCUT2D eigenvalue weighted by Crippen LogP contribution is 2.64. The van der Waals surface area contributed by atoms with Gasteiger partial charge in [0.15, 0.2) is 0 Å². The predicted molar refractivity (Wildman–Crippen MR) is 64.8 cm³/mol. The Morgan fingerprint density at radius 2 is 0.848 bits per heavy atom. The maximum atomic E-state index is 13.4. The van der Waals surface area contributed by atoms with E-state index in [9.17, 15) is 87.8 Å². The van der Waals surface area contributed by atoms with Gasteiger partial charge in [-0.2, -0.15) is 83.1 Å². The lowest BCUT2D eigenvalue weighted by molar-refractivity contribution is -0.458. The maximum absolute atomic E-state index is 13.4. The van der Waals surface area contributed by atoms with Crippen LogP contribution in [0.5, 0.6) is 0 Å². The molecular formula is C10H4F17NO4S. The number of rotatable bonds is 9. The maximum Gasteiger partial charge on any atom is 0.460 e. The van der Waals surface area contributed by atoms with Gasteiger partial charge in [0.05, 0.1) is 6.54 Å². The van der Waals surface area contributed by atoms with Crippen LogP contribution in [0.1, 0.15) is 0 Å². The number of nitrogens with two attached hydrogens (primary N) is 1. The quantitative estimate of drug-likeness (QED) is 0.345. The summed E-state index contributed by atoms with van der Waals surface area (Å²) in [6, 6.07) is 0. The molecule has 0 heterocycles. The molecule has 198 valence electrons. The Kier molecular flexibility index (Phi) is 7.43. The molecule has 0 saturated carbocycles.